The smallest absolute Gasteiger partial charge is 0.129 e. The lowest BCUT2D eigenvalue weighted by molar-refractivity contribution is 0.312. The number of piperazine rings is 1. The van der Waals surface area contributed by atoms with Gasteiger partial charge in [0.2, 0.25) is 0 Å². The van der Waals surface area contributed by atoms with Crippen LogP contribution in [0.5, 0.6) is 0 Å². The number of hydrogen-bond donors (Lipinski definition) is 1. The average molecular weight is 274 g/mol. The molecule has 0 atom stereocenters. The predicted molar refractivity (Wildman–Crippen MR) is 81.5 cm³/mol. The average Bonchev–Trinajstić information content (AvgIpc) is 2.47. The molecule has 4 nitrogen and oxygen atoms in total. The first kappa shape index (κ1) is 12.7. The molecule has 5 heteroatoms. The van der Waals surface area contributed by atoms with Crippen molar-refractivity contribution in [2.24, 2.45) is 5.14 Å². The number of likely N-dealkylation sites (N-methyl/N-ethyl adjacent to an activating group) is 1. The van der Waals surface area contributed by atoms with Gasteiger partial charge in [-0.1, -0.05) is 0 Å². The Labute approximate surface area is 117 Å². The predicted octanol–water partition coefficient (Wildman–Crippen LogP) is 1.95. The molecule has 3 rings (SSSR count). The van der Waals surface area contributed by atoms with Crippen LogP contribution in [0.25, 0.3) is 10.9 Å². The van der Waals surface area contributed by atoms with Crippen molar-refractivity contribution >= 4 is 28.7 Å². The van der Waals surface area contributed by atoms with E-state index in [1.54, 1.807) is 0 Å². The molecule has 100 valence electrons. The SMILES string of the molecule is CN1CCN(c2ccc3cc(SN)ccc3n2)CC1. The second kappa shape index (κ2) is 5.36. The Morgan fingerprint density at radius 1 is 1.11 bits per heavy atom. The van der Waals surface area contributed by atoms with Gasteiger partial charge in [-0.3, -0.25) is 5.14 Å². The molecule has 2 aromatic rings. The Morgan fingerprint density at radius 2 is 1.89 bits per heavy atom. The van der Waals surface area contributed by atoms with Gasteiger partial charge in [0, 0.05) is 36.5 Å². The number of rotatable bonds is 2. The molecule has 1 aromatic carbocycles. The van der Waals surface area contributed by atoms with Crippen LogP contribution >= 0.6 is 11.9 Å². The Bertz CT molecular complexity index is 579. The topological polar surface area (TPSA) is 45.4 Å². The number of nitrogens with zero attached hydrogens (tertiary/aromatic N) is 3. The molecular formula is C14H18N4S. The molecule has 2 N–H and O–H groups in total. The van der Waals surface area contributed by atoms with Crippen LogP contribution in [0, 0.1) is 0 Å². The zero-order valence-electron chi connectivity index (χ0n) is 11.0. The highest BCUT2D eigenvalue weighted by Gasteiger charge is 2.15. The minimum atomic E-state index is 1.04. The summed E-state index contributed by atoms with van der Waals surface area (Å²) in [5.74, 6) is 1.08. The molecule has 1 aliphatic heterocycles. The van der Waals surface area contributed by atoms with Gasteiger partial charge in [-0.15, -0.1) is 0 Å². The summed E-state index contributed by atoms with van der Waals surface area (Å²) in [6.45, 7) is 4.29. The minimum absolute atomic E-state index is 1.04. The van der Waals surface area contributed by atoms with Crippen LogP contribution in [0.15, 0.2) is 35.2 Å². The molecule has 0 amide bonds. The molecule has 0 unspecified atom stereocenters. The minimum Gasteiger partial charge on any atom is -0.354 e. The van der Waals surface area contributed by atoms with E-state index in [2.05, 4.69) is 35.0 Å². The number of benzene rings is 1. The molecule has 1 fully saturated rings. The van der Waals surface area contributed by atoms with Gasteiger partial charge in [0.15, 0.2) is 0 Å². The van der Waals surface area contributed by atoms with Crippen molar-refractivity contribution in [1.29, 1.82) is 0 Å². The second-order valence-corrected chi connectivity index (χ2v) is 5.64. The molecule has 0 bridgehead atoms. The van der Waals surface area contributed by atoms with E-state index in [0.717, 1.165) is 47.8 Å². The van der Waals surface area contributed by atoms with E-state index in [1.807, 2.05) is 12.1 Å². The first-order valence-electron chi connectivity index (χ1n) is 6.47. The van der Waals surface area contributed by atoms with Crippen molar-refractivity contribution in [3.8, 4) is 0 Å². The lowest BCUT2D eigenvalue weighted by atomic mass is 10.2. The van der Waals surface area contributed by atoms with E-state index in [4.69, 9.17) is 10.1 Å². The first-order valence-corrected chi connectivity index (χ1v) is 7.35. The van der Waals surface area contributed by atoms with E-state index in [9.17, 15) is 0 Å². The molecule has 0 spiro atoms. The Kier molecular flexibility index (Phi) is 3.59. The van der Waals surface area contributed by atoms with E-state index in [0.29, 0.717) is 0 Å². The maximum atomic E-state index is 5.58. The lowest BCUT2D eigenvalue weighted by Gasteiger charge is -2.33. The molecule has 0 radical (unpaired) electrons. The number of pyridine rings is 1. The number of hydrogen-bond acceptors (Lipinski definition) is 5. The fourth-order valence-corrected chi connectivity index (χ4v) is 2.72. The first-order chi connectivity index (χ1) is 9.26. The van der Waals surface area contributed by atoms with Gasteiger partial charge < -0.3 is 9.80 Å². The molecule has 0 saturated carbocycles. The highest BCUT2D eigenvalue weighted by Crippen LogP contribution is 2.22. The van der Waals surface area contributed by atoms with Gasteiger partial charge in [0.05, 0.1) is 5.52 Å². The number of anilines is 1. The quantitative estimate of drug-likeness (QED) is 0.848. The van der Waals surface area contributed by atoms with Crippen molar-refractivity contribution in [3.63, 3.8) is 0 Å². The summed E-state index contributed by atoms with van der Waals surface area (Å²) in [6, 6.07) is 10.4. The normalized spacial score (nSPS) is 17.1. The lowest BCUT2D eigenvalue weighted by Crippen LogP contribution is -2.44. The van der Waals surface area contributed by atoms with Gasteiger partial charge in [-0.2, -0.15) is 0 Å². The number of nitrogens with two attached hydrogens (primary N) is 1. The maximum Gasteiger partial charge on any atom is 0.129 e. The van der Waals surface area contributed by atoms with Crippen LogP contribution in [0.1, 0.15) is 0 Å². The van der Waals surface area contributed by atoms with Gasteiger partial charge in [-0.05, 0) is 49.3 Å². The van der Waals surface area contributed by atoms with Gasteiger partial charge in [-0.25, -0.2) is 4.98 Å². The molecule has 1 aliphatic rings. The Hall–Kier alpha value is -1.30. The summed E-state index contributed by atoms with van der Waals surface area (Å²) >= 11 is 1.27. The number of aromatic nitrogens is 1. The summed E-state index contributed by atoms with van der Waals surface area (Å²) in [4.78, 5) is 10.5. The molecule has 1 aromatic heterocycles. The fourth-order valence-electron chi connectivity index (χ4n) is 2.38. The van der Waals surface area contributed by atoms with Crippen LogP contribution in [0.3, 0.4) is 0 Å². The third-order valence-electron chi connectivity index (χ3n) is 3.61. The van der Waals surface area contributed by atoms with Gasteiger partial charge in [0.1, 0.15) is 5.82 Å². The summed E-state index contributed by atoms with van der Waals surface area (Å²) in [7, 11) is 2.16. The zero-order chi connectivity index (χ0) is 13.2. The largest absolute Gasteiger partial charge is 0.354 e. The highest BCUT2D eigenvalue weighted by atomic mass is 32.2. The summed E-state index contributed by atoms with van der Waals surface area (Å²) in [5.41, 5.74) is 1.04. The van der Waals surface area contributed by atoms with Crippen molar-refractivity contribution in [2.45, 2.75) is 4.90 Å². The summed E-state index contributed by atoms with van der Waals surface area (Å²) in [6.07, 6.45) is 0. The third kappa shape index (κ3) is 2.68. The second-order valence-electron chi connectivity index (χ2n) is 4.93. The summed E-state index contributed by atoms with van der Waals surface area (Å²) in [5, 5.41) is 6.73. The van der Waals surface area contributed by atoms with E-state index >= 15 is 0 Å². The van der Waals surface area contributed by atoms with Crippen molar-refractivity contribution in [1.82, 2.24) is 9.88 Å². The highest BCUT2D eigenvalue weighted by molar-refractivity contribution is 7.97. The van der Waals surface area contributed by atoms with Gasteiger partial charge >= 0.3 is 0 Å². The van der Waals surface area contributed by atoms with Crippen LogP contribution in [0.4, 0.5) is 5.82 Å². The van der Waals surface area contributed by atoms with Crippen LogP contribution < -0.4 is 10.0 Å². The standard InChI is InChI=1S/C14H18N4S/c1-17-6-8-18(9-7-17)14-5-2-11-10-12(19-15)3-4-13(11)16-14/h2-5,10H,6-9,15H2,1H3. The fraction of sp³-hybridized carbons (Fsp3) is 0.357. The monoisotopic (exact) mass is 274 g/mol. The van der Waals surface area contributed by atoms with Gasteiger partial charge in [0.25, 0.3) is 0 Å². The molecule has 19 heavy (non-hydrogen) atoms. The van der Waals surface area contributed by atoms with Crippen LogP contribution in [-0.2, 0) is 0 Å². The summed E-state index contributed by atoms with van der Waals surface area (Å²) < 4.78 is 0. The van der Waals surface area contributed by atoms with Crippen molar-refractivity contribution < 1.29 is 0 Å². The molecule has 2 heterocycles. The molecule has 0 aliphatic carbocycles. The third-order valence-corrected chi connectivity index (χ3v) is 4.14. The Morgan fingerprint density at radius 3 is 2.63 bits per heavy atom. The Balaban J connectivity index is 1.89. The number of fused-ring (bicyclic) bond motifs is 1. The molecular weight excluding hydrogens is 256 g/mol. The van der Waals surface area contributed by atoms with Crippen molar-refractivity contribution in [3.05, 3.63) is 30.3 Å². The van der Waals surface area contributed by atoms with E-state index < -0.39 is 0 Å². The van der Waals surface area contributed by atoms with E-state index in [1.165, 1.54) is 11.9 Å². The van der Waals surface area contributed by atoms with Crippen molar-refractivity contribution in [2.75, 3.05) is 38.1 Å². The zero-order valence-corrected chi connectivity index (χ0v) is 11.9. The van der Waals surface area contributed by atoms with Crippen LogP contribution in [-0.4, -0.2) is 43.1 Å². The van der Waals surface area contributed by atoms with E-state index in [-0.39, 0.29) is 0 Å². The molecule has 1 saturated heterocycles. The maximum absolute atomic E-state index is 5.58. The van der Waals surface area contributed by atoms with Crippen LogP contribution in [0.2, 0.25) is 0 Å².